The Morgan fingerprint density at radius 1 is 1.25 bits per heavy atom. The molecule has 3 atom stereocenters. The Labute approximate surface area is 161 Å². The average molecular weight is 396 g/mol. The van der Waals surface area contributed by atoms with E-state index < -0.39 is 17.3 Å². The van der Waals surface area contributed by atoms with E-state index in [0.717, 1.165) is 12.1 Å². The third-order valence-electron chi connectivity index (χ3n) is 5.88. The van der Waals surface area contributed by atoms with Crippen molar-refractivity contribution >= 4 is 16.8 Å². The molecule has 1 aromatic carbocycles. The number of nitrogens with zero attached hydrogens (tertiary/aromatic N) is 2. The van der Waals surface area contributed by atoms with Crippen molar-refractivity contribution in [2.75, 3.05) is 19.7 Å². The van der Waals surface area contributed by atoms with Crippen molar-refractivity contribution in [3.8, 4) is 0 Å². The second kappa shape index (κ2) is 6.49. The fraction of sp³-hybridized carbons (Fsp3) is 0.550. The number of hydrogen-bond acceptors (Lipinski definition) is 3. The molecule has 0 saturated carbocycles. The predicted octanol–water partition coefficient (Wildman–Crippen LogP) is 3.61. The number of morpholine rings is 1. The Morgan fingerprint density at radius 3 is 2.64 bits per heavy atom. The number of aromatic nitrogens is 1. The van der Waals surface area contributed by atoms with Crippen LogP contribution in [0.1, 0.15) is 36.3 Å². The van der Waals surface area contributed by atoms with E-state index >= 15 is 0 Å². The standard InChI is InChI=1S/C20H23F3N2O3/c1-12-10-25(11-19(28-12)6-7-27-13(19)2)18(26)17-9-14-8-15(20(21,22)23)4-5-16(14)24(17)3/h4-5,8-9,12-13H,6-7,10-11H2,1-3H3/t12-,13+,19-/m1/s1. The molecule has 0 radical (unpaired) electrons. The maximum atomic E-state index is 13.3. The molecule has 4 rings (SSSR count). The first-order valence-corrected chi connectivity index (χ1v) is 9.36. The van der Waals surface area contributed by atoms with Gasteiger partial charge in [0.1, 0.15) is 11.3 Å². The highest BCUT2D eigenvalue weighted by molar-refractivity contribution is 5.99. The summed E-state index contributed by atoms with van der Waals surface area (Å²) in [6.45, 7) is 5.30. The molecule has 1 spiro atoms. The number of hydrogen-bond donors (Lipinski definition) is 0. The van der Waals surface area contributed by atoms with E-state index in [9.17, 15) is 18.0 Å². The Balaban J connectivity index is 1.67. The number of benzene rings is 1. The van der Waals surface area contributed by atoms with Crippen LogP contribution in [0.15, 0.2) is 24.3 Å². The molecule has 2 fully saturated rings. The number of fused-ring (bicyclic) bond motifs is 1. The maximum absolute atomic E-state index is 13.3. The van der Waals surface area contributed by atoms with Gasteiger partial charge in [-0.2, -0.15) is 13.2 Å². The van der Waals surface area contributed by atoms with E-state index in [0.29, 0.717) is 42.7 Å². The van der Waals surface area contributed by atoms with Crippen LogP contribution in [0, 0.1) is 0 Å². The van der Waals surface area contributed by atoms with Crippen LogP contribution in [-0.2, 0) is 22.7 Å². The first-order valence-electron chi connectivity index (χ1n) is 9.36. The molecule has 8 heteroatoms. The molecule has 0 bridgehead atoms. The van der Waals surface area contributed by atoms with E-state index in [4.69, 9.17) is 9.47 Å². The normalized spacial score (nSPS) is 28.4. The zero-order valence-electron chi connectivity index (χ0n) is 16.0. The van der Waals surface area contributed by atoms with Crippen LogP contribution in [0.4, 0.5) is 13.2 Å². The molecule has 1 aromatic heterocycles. The zero-order valence-corrected chi connectivity index (χ0v) is 16.0. The first kappa shape index (κ1) is 19.3. The van der Waals surface area contributed by atoms with Crippen molar-refractivity contribution in [3.63, 3.8) is 0 Å². The summed E-state index contributed by atoms with van der Waals surface area (Å²) in [5.74, 6) is -0.208. The lowest BCUT2D eigenvalue weighted by Crippen LogP contribution is -2.59. The van der Waals surface area contributed by atoms with Gasteiger partial charge < -0.3 is 18.9 Å². The zero-order chi connectivity index (χ0) is 20.3. The molecule has 0 aliphatic carbocycles. The SMILES string of the molecule is C[C@@H]1CN(C(=O)c2cc3cc(C(F)(F)F)ccc3n2C)C[C@@]2(CCO[C@H]2C)O1. The molecular formula is C20H23F3N2O3. The minimum atomic E-state index is -4.42. The lowest BCUT2D eigenvalue weighted by Gasteiger charge is -2.45. The van der Waals surface area contributed by atoms with Gasteiger partial charge in [0.05, 0.1) is 24.3 Å². The monoisotopic (exact) mass is 396 g/mol. The number of halogens is 3. The van der Waals surface area contributed by atoms with Gasteiger partial charge in [-0.05, 0) is 38.1 Å². The second-order valence-corrected chi connectivity index (χ2v) is 7.80. The van der Waals surface area contributed by atoms with Crippen LogP contribution in [-0.4, -0.2) is 52.9 Å². The number of carbonyl (C=O) groups is 1. The Bertz CT molecular complexity index is 923. The average Bonchev–Trinajstić information content (AvgIpc) is 3.13. The molecule has 5 nitrogen and oxygen atoms in total. The number of rotatable bonds is 1. The Morgan fingerprint density at radius 2 is 2.00 bits per heavy atom. The van der Waals surface area contributed by atoms with Gasteiger partial charge in [-0.25, -0.2) is 0 Å². The van der Waals surface area contributed by atoms with Crippen molar-refractivity contribution in [2.45, 2.75) is 44.3 Å². The third kappa shape index (κ3) is 3.08. The molecule has 0 N–H and O–H groups in total. The van der Waals surface area contributed by atoms with E-state index in [-0.39, 0.29) is 18.1 Å². The molecule has 2 aliphatic heterocycles. The predicted molar refractivity (Wildman–Crippen MR) is 97.1 cm³/mol. The molecule has 2 saturated heterocycles. The quantitative estimate of drug-likeness (QED) is 0.740. The van der Waals surface area contributed by atoms with Gasteiger partial charge in [0, 0.05) is 37.5 Å². The van der Waals surface area contributed by atoms with Gasteiger partial charge in [-0.3, -0.25) is 4.79 Å². The van der Waals surface area contributed by atoms with Crippen LogP contribution >= 0.6 is 0 Å². The molecule has 3 heterocycles. The van der Waals surface area contributed by atoms with E-state index in [1.807, 2.05) is 13.8 Å². The molecule has 28 heavy (non-hydrogen) atoms. The van der Waals surface area contributed by atoms with Crippen LogP contribution in [0.2, 0.25) is 0 Å². The van der Waals surface area contributed by atoms with E-state index in [1.54, 1.807) is 16.5 Å². The summed E-state index contributed by atoms with van der Waals surface area (Å²) in [6.07, 6.45) is -3.97. The van der Waals surface area contributed by atoms with Gasteiger partial charge in [0.25, 0.3) is 5.91 Å². The fourth-order valence-corrected chi connectivity index (χ4v) is 4.35. The highest BCUT2D eigenvalue weighted by atomic mass is 19.4. The van der Waals surface area contributed by atoms with Crippen molar-refractivity contribution in [1.29, 1.82) is 0 Å². The minimum Gasteiger partial charge on any atom is -0.375 e. The van der Waals surface area contributed by atoms with Gasteiger partial charge >= 0.3 is 6.18 Å². The number of ether oxygens (including phenoxy) is 2. The van der Waals surface area contributed by atoms with Crippen molar-refractivity contribution in [3.05, 3.63) is 35.5 Å². The number of aryl methyl sites for hydroxylation is 1. The highest BCUT2D eigenvalue weighted by Crippen LogP contribution is 2.36. The van der Waals surface area contributed by atoms with Crippen LogP contribution in [0.3, 0.4) is 0 Å². The molecule has 2 aliphatic rings. The minimum absolute atomic E-state index is 0.118. The first-order chi connectivity index (χ1) is 13.1. The maximum Gasteiger partial charge on any atom is 0.416 e. The van der Waals surface area contributed by atoms with Gasteiger partial charge in [-0.15, -0.1) is 0 Å². The van der Waals surface area contributed by atoms with Crippen LogP contribution in [0.25, 0.3) is 10.9 Å². The van der Waals surface area contributed by atoms with Crippen LogP contribution < -0.4 is 0 Å². The highest BCUT2D eigenvalue weighted by Gasteiger charge is 2.49. The summed E-state index contributed by atoms with van der Waals surface area (Å²) in [7, 11) is 1.70. The molecule has 1 amide bonds. The number of alkyl halides is 3. The van der Waals surface area contributed by atoms with Gasteiger partial charge in [0.2, 0.25) is 0 Å². The molecule has 152 valence electrons. The summed E-state index contributed by atoms with van der Waals surface area (Å²) in [5, 5.41) is 0.397. The molecule has 2 aromatic rings. The number of amides is 1. The Kier molecular flexibility index (Phi) is 4.46. The summed E-state index contributed by atoms with van der Waals surface area (Å²) in [4.78, 5) is 15.0. The smallest absolute Gasteiger partial charge is 0.375 e. The van der Waals surface area contributed by atoms with Crippen molar-refractivity contribution < 1.29 is 27.4 Å². The lowest BCUT2D eigenvalue weighted by molar-refractivity contribution is -0.160. The Hall–Kier alpha value is -2.06. The van der Waals surface area contributed by atoms with E-state index in [1.165, 1.54) is 12.1 Å². The molecular weight excluding hydrogens is 373 g/mol. The summed E-state index contributed by atoms with van der Waals surface area (Å²) < 4.78 is 52.5. The summed E-state index contributed by atoms with van der Waals surface area (Å²) in [5.41, 5.74) is -0.294. The largest absolute Gasteiger partial charge is 0.416 e. The topological polar surface area (TPSA) is 43.7 Å². The van der Waals surface area contributed by atoms with Crippen LogP contribution in [0.5, 0.6) is 0 Å². The van der Waals surface area contributed by atoms with Gasteiger partial charge in [0.15, 0.2) is 0 Å². The van der Waals surface area contributed by atoms with E-state index in [2.05, 4.69) is 0 Å². The third-order valence-corrected chi connectivity index (χ3v) is 5.88. The van der Waals surface area contributed by atoms with Gasteiger partial charge in [-0.1, -0.05) is 0 Å². The summed E-state index contributed by atoms with van der Waals surface area (Å²) in [6, 6.07) is 5.07. The summed E-state index contributed by atoms with van der Waals surface area (Å²) >= 11 is 0. The second-order valence-electron chi connectivity index (χ2n) is 7.80. The van der Waals surface area contributed by atoms with Crippen molar-refractivity contribution in [1.82, 2.24) is 9.47 Å². The van der Waals surface area contributed by atoms with Crippen molar-refractivity contribution in [2.24, 2.45) is 7.05 Å². The fourth-order valence-electron chi connectivity index (χ4n) is 4.35. The molecule has 0 unspecified atom stereocenters. The lowest BCUT2D eigenvalue weighted by atomic mass is 9.93. The number of carbonyl (C=O) groups excluding carboxylic acids is 1.